The number of para-hydroxylation sites is 3. The highest BCUT2D eigenvalue weighted by atomic mass is 15.1. The summed E-state index contributed by atoms with van der Waals surface area (Å²) in [5.41, 5.74) is 5.49. The second kappa shape index (κ2) is 11.1. The molecule has 0 radical (unpaired) electrons. The molecule has 0 aliphatic rings. The number of aromatic nitrogens is 2. The first-order chi connectivity index (χ1) is 28.1. The molecule has 2 heteroatoms. The van der Waals surface area contributed by atoms with Gasteiger partial charge in [0.15, 0.2) is 0 Å². The first-order valence-electron chi connectivity index (χ1n) is 21.2. The number of rotatable bonds is 5. The molecule has 0 bridgehead atoms. The van der Waals surface area contributed by atoms with E-state index >= 15 is 0 Å². The highest BCUT2D eigenvalue weighted by Gasteiger charge is 2.19. The first kappa shape index (κ1) is 17.6. The van der Waals surface area contributed by atoms with Crippen molar-refractivity contribution in [3.63, 3.8) is 0 Å². The second-order valence-corrected chi connectivity index (χ2v) is 11.3. The molecule has 0 N–H and O–H groups in total. The Labute approximate surface area is 291 Å². The Balaban J connectivity index is 1.27. The molecule has 0 aliphatic heterocycles. The predicted molar refractivity (Wildman–Crippen MR) is 199 cm³/mol. The number of aryl methyl sites for hydroxylation is 1. The van der Waals surface area contributed by atoms with Crippen molar-refractivity contribution in [2.24, 2.45) is 0 Å². The summed E-state index contributed by atoms with van der Waals surface area (Å²) in [6.45, 7) is -2.99. The van der Waals surface area contributed by atoms with Crippen molar-refractivity contribution in [2.45, 2.75) is 13.2 Å². The Bertz CT molecular complexity index is 3140. The summed E-state index contributed by atoms with van der Waals surface area (Å²) in [6.07, 6.45) is -2.77. The Kier molecular flexibility index (Phi) is 4.17. The summed E-state index contributed by atoms with van der Waals surface area (Å²) in [6, 6.07) is 34.6. The predicted octanol–water partition coefficient (Wildman–Crippen LogP) is 12.0. The van der Waals surface area contributed by atoms with E-state index in [-0.39, 0.29) is 34.2 Å². The third kappa shape index (κ3) is 4.37. The fraction of sp³-hybridized carbons (Fsp3) is 0.0444. The van der Waals surface area contributed by atoms with Gasteiger partial charge in [-0.1, -0.05) is 152 Å². The SMILES string of the molecule is [2H]c1c([2H])c([2H])c2c(-c3c4ccccc4c(-c4ccc(-c5ccccc5-n5c(C([2H])([2H])C([2H])([2H])[2H])nc6ccccc65)cc4)c4ccccc34)c([2H])c([2H])c([2H])c2c1[2H]. The third-order valence-corrected chi connectivity index (χ3v) is 8.80. The minimum absolute atomic E-state index is 0.0221. The molecule has 0 atom stereocenters. The van der Waals surface area contributed by atoms with E-state index in [1.54, 1.807) is 28.8 Å². The third-order valence-electron chi connectivity index (χ3n) is 8.80. The minimum atomic E-state index is -2.99. The van der Waals surface area contributed by atoms with Crippen LogP contribution in [0.25, 0.3) is 82.4 Å². The molecule has 2 nitrogen and oxygen atoms in total. The number of nitrogens with zero attached hydrogens (tertiary/aromatic N) is 2. The van der Waals surface area contributed by atoms with E-state index in [1.165, 1.54) is 0 Å². The lowest BCUT2D eigenvalue weighted by Gasteiger charge is -2.19. The molecule has 0 amide bonds. The van der Waals surface area contributed by atoms with Crippen molar-refractivity contribution in [3.05, 3.63) is 169 Å². The van der Waals surface area contributed by atoms with Gasteiger partial charge in [0.1, 0.15) is 5.82 Å². The molecular weight excluding hydrogens is 569 g/mol. The van der Waals surface area contributed by atoms with Gasteiger partial charge in [-0.3, -0.25) is 4.57 Å². The normalized spacial score (nSPS) is 15.8. The van der Waals surface area contributed by atoms with Gasteiger partial charge >= 0.3 is 0 Å². The van der Waals surface area contributed by atoms with Gasteiger partial charge in [-0.15, -0.1) is 0 Å². The van der Waals surface area contributed by atoms with Crippen molar-refractivity contribution in [2.75, 3.05) is 0 Å². The summed E-state index contributed by atoms with van der Waals surface area (Å²) >= 11 is 0. The van der Waals surface area contributed by atoms with Crippen LogP contribution in [0, 0.1) is 0 Å². The summed E-state index contributed by atoms with van der Waals surface area (Å²) in [7, 11) is 0. The van der Waals surface area contributed by atoms with Crippen molar-refractivity contribution in [1.29, 1.82) is 0 Å². The minimum Gasteiger partial charge on any atom is -0.296 e. The van der Waals surface area contributed by atoms with Crippen molar-refractivity contribution in [1.82, 2.24) is 9.55 Å². The van der Waals surface area contributed by atoms with Crippen molar-refractivity contribution < 1.29 is 16.4 Å². The average molecular weight is 613 g/mol. The zero-order valence-corrected chi connectivity index (χ0v) is 24.9. The quantitative estimate of drug-likeness (QED) is 0.177. The Morgan fingerprint density at radius 2 is 1.19 bits per heavy atom. The number of hydrogen-bond donors (Lipinski definition) is 0. The van der Waals surface area contributed by atoms with Gasteiger partial charge in [-0.2, -0.15) is 0 Å². The van der Waals surface area contributed by atoms with E-state index in [9.17, 15) is 1.37 Å². The van der Waals surface area contributed by atoms with E-state index in [0.717, 1.165) is 33.0 Å². The highest BCUT2D eigenvalue weighted by Crippen LogP contribution is 2.45. The molecule has 8 aromatic carbocycles. The monoisotopic (exact) mass is 612 g/mol. The topological polar surface area (TPSA) is 17.8 Å². The molecule has 9 rings (SSSR count). The van der Waals surface area contributed by atoms with Crippen molar-refractivity contribution >= 4 is 43.4 Å². The van der Waals surface area contributed by atoms with Crippen LogP contribution >= 0.6 is 0 Å². The first-order valence-corrected chi connectivity index (χ1v) is 15.2. The van der Waals surface area contributed by atoms with E-state index < -0.39 is 43.4 Å². The number of benzene rings is 8. The molecule has 0 fully saturated rings. The van der Waals surface area contributed by atoms with E-state index in [4.69, 9.17) is 15.1 Å². The number of imidazole rings is 1. The van der Waals surface area contributed by atoms with Crippen LogP contribution in [-0.4, -0.2) is 9.55 Å². The van der Waals surface area contributed by atoms with Gasteiger partial charge in [0.25, 0.3) is 0 Å². The lowest BCUT2D eigenvalue weighted by molar-refractivity contribution is 0.909. The number of fused-ring (bicyclic) bond motifs is 4. The van der Waals surface area contributed by atoms with Gasteiger partial charge in [0.05, 0.1) is 26.3 Å². The summed E-state index contributed by atoms with van der Waals surface area (Å²) in [5.74, 6) is -0.227. The maximum Gasteiger partial charge on any atom is 0.114 e. The van der Waals surface area contributed by atoms with Crippen LogP contribution in [0.15, 0.2) is 164 Å². The fourth-order valence-electron chi connectivity index (χ4n) is 6.79. The van der Waals surface area contributed by atoms with Gasteiger partial charge < -0.3 is 0 Å². The van der Waals surface area contributed by atoms with Gasteiger partial charge in [-0.25, -0.2) is 4.98 Å². The summed E-state index contributed by atoms with van der Waals surface area (Å²) in [4.78, 5) is 4.51. The van der Waals surface area contributed by atoms with Crippen LogP contribution in [0.5, 0.6) is 0 Å². The van der Waals surface area contributed by atoms with Gasteiger partial charge in [0.2, 0.25) is 0 Å². The molecule has 1 heterocycles. The Morgan fingerprint density at radius 1 is 0.574 bits per heavy atom. The van der Waals surface area contributed by atoms with Crippen LogP contribution in [0.3, 0.4) is 0 Å². The van der Waals surface area contributed by atoms with Gasteiger partial charge in [-0.05, 0) is 78.3 Å². The van der Waals surface area contributed by atoms with Crippen LogP contribution in [0.2, 0.25) is 0 Å². The van der Waals surface area contributed by atoms with E-state index in [2.05, 4.69) is 4.98 Å². The van der Waals surface area contributed by atoms with Gasteiger partial charge in [0, 0.05) is 18.8 Å². The highest BCUT2D eigenvalue weighted by molar-refractivity contribution is 6.23. The van der Waals surface area contributed by atoms with Crippen LogP contribution in [0.4, 0.5) is 0 Å². The molecule has 0 unspecified atom stereocenters. The maximum atomic E-state index is 9.20. The standard InChI is InChI=1S/C45H32N2/c1-2-43-46-40-23-10-12-25-42(40)47(43)41-24-11-9-17-34(41)31-26-28-32(29-27-31)44-36-18-5-7-20-38(36)45(39-21-8-6-19-37(39)44)35-22-13-15-30-14-3-4-16-33(30)35/h3-29H,2H2,1H3/i1D3,2D2,3D,4D,13D,14D,15D,16D,22D. The molecule has 222 valence electrons. The largest absolute Gasteiger partial charge is 0.296 e. The van der Waals surface area contributed by atoms with Crippen LogP contribution in [0.1, 0.15) is 29.1 Å². The van der Waals surface area contributed by atoms with Crippen LogP contribution < -0.4 is 0 Å². The fourth-order valence-corrected chi connectivity index (χ4v) is 6.79. The van der Waals surface area contributed by atoms with E-state index in [0.29, 0.717) is 33.1 Å². The zero-order chi connectivity index (χ0) is 41.7. The zero-order valence-electron chi connectivity index (χ0n) is 36.9. The van der Waals surface area contributed by atoms with Crippen LogP contribution in [-0.2, 0) is 6.37 Å². The summed E-state index contributed by atoms with van der Waals surface area (Å²) in [5, 5.41) is 2.90. The Morgan fingerprint density at radius 3 is 1.96 bits per heavy atom. The second-order valence-electron chi connectivity index (χ2n) is 11.3. The molecule has 0 spiro atoms. The molecule has 0 aliphatic carbocycles. The van der Waals surface area contributed by atoms with Crippen molar-refractivity contribution in [3.8, 4) is 39.1 Å². The molecule has 9 aromatic rings. The van der Waals surface area contributed by atoms with E-state index in [1.807, 2.05) is 97.1 Å². The molecule has 0 saturated heterocycles. The Hall–Kier alpha value is -5.99. The lowest BCUT2D eigenvalue weighted by atomic mass is 9.84. The smallest absolute Gasteiger partial charge is 0.114 e. The maximum absolute atomic E-state index is 9.20. The average Bonchev–Trinajstić information content (AvgIpc) is 3.63. The molecule has 47 heavy (non-hydrogen) atoms. The number of hydrogen-bond acceptors (Lipinski definition) is 1. The molecule has 1 aromatic heterocycles. The molecular formula is C45H32N2. The summed E-state index contributed by atoms with van der Waals surface area (Å²) < 4.78 is 104. The lowest BCUT2D eigenvalue weighted by Crippen LogP contribution is -2.02. The molecule has 0 saturated carbocycles.